The maximum Gasteiger partial charge on any atom is 0.289 e. The van der Waals surface area contributed by atoms with E-state index in [2.05, 4.69) is 9.62 Å². The SMILES string of the molecule is CCN(CC)CCNS(=O)(=O)c1ccccc1[N+](=O)[O-]. The molecule has 0 unspecified atom stereocenters. The lowest BCUT2D eigenvalue weighted by atomic mass is 10.3. The van der Waals surface area contributed by atoms with Crippen LogP contribution in [-0.2, 0) is 10.0 Å². The normalized spacial score (nSPS) is 11.8. The van der Waals surface area contributed by atoms with Crippen molar-refractivity contribution in [2.45, 2.75) is 18.7 Å². The van der Waals surface area contributed by atoms with E-state index in [0.717, 1.165) is 13.1 Å². The molecule has 0 radical (unpaired) electrons. The van der Waals surface area contributed by atoms with Crippen molar-refractivity contribution in [1.29, 1.82) is 0 Å². The molecule has 7 nitrogen and oxygen atoms in total. The molecule has 112 valence electrons. The van der Waals surface area contributed by atoms with Gasteiger partial charge in [-0.3, -0.25) is 10.1 Å². The summed E-state index contributed by atoms with van der Waals surface area (Å²) in [6, 6.07) is 5.32. The molecular formula is C12H19N3O4S. The van der Waals surface area contributed by atoms with E-state index in [-0.39, 0.29) is 11.4 Å². The minimum absolute atomic E-state index is 0.218. The Bertz CT molecular complexity index is 556. The summed E-state index contributed by atoms with van der Waals surface area (Å²) < 4.78 is 26.6. The molecule has 20 heavy (non-hydrogen) atoms. The van der Waals surface area contributed by atoms with Crippen molar-refractivity contribution in [3.63, 3.8) is 0 Å². The molecule has 0 saturated carbocycles. The van der Waals surface area contributed by atoms with Crippen LogP contribution in [0.3, 0.4) is 0 Å². The molecule has 0 spiro atoms. The maximum absolute atomic E-state index is 12.1. The van der Waals surface area contributed by atoms with Crippen molar-refractivity contribution in [2.24, 2.45) is 0 Å². The first-order valence-corrected chi connectivity index (χ1v) is 7.86. The number of nitrogens with one attached hydrogen (secondary N) is 1. The van der Waals surface area contributed by atoms with E-state index < -0.39 is 20.6 Å². The smallest absolute Gasteiger partial charge is 0.289 e. The zero-order valence-electron chi connectivity index (χ0n) is 11.6. The van der Waals surface area contributed by atoms with Crippen LogP contribution in [0, 0.1) is 10.1 Å². The summed E-state index contributed by atoms with van der Waals surface area (Å²) in [6.45, 7) is 6.40. The molecule has 0 bridgehead atoms. The summed E-state index contributed by atoms with van der Waals surface area (Å²) in [5.74, 6) is 0. The average molecular weight is 301 g/mol. The molecule has 0 aliphatic carbocycles. The Balaban J connectivity index is 2.82. The summed E-state index contributed by atoms with van der Waals surface area (Å²) in [4.78, 5) is 11.9. The van der Waals surface area contributed by atoms with Crippen LogP contribution >= 0.6 is 0 Å². The van der Waals surface area contributed by atoms with Gasteiger partial charge in [0.25, 0.3) is 5.69 Å². The predicted octanol–water partition coefficient (Wildman–Crippen LogP) is 1.21. The molecular weight excluding hydrogens is 282 g/mol. The molecule has 1 aromatic rings. The van der Waals surface area contributed by atoms with E-state index in [0.29, 0.717) is 6.54 Å². The third-order valence-corrected chi connectivity index (χ3v) is 4.47. The second-order valence-electron chi connectivity index (χ2n) is 4.15. The predicted molar refractivity (Wildman–Crippen MR) is 76.1 cm³/mol. The first-order chi connectivity index (χ1) is 9.42. The molecule has 0 saturated heterocycles. The molecule has 0 aliphatic rings. The number of hydrogen-bond donors (Lipinski definition) is 1. The Hall–Kier alpha value is -1.51. The van der Waals surface area contributed by atoms with Gasteiger partial charge in [-0.15, -0.1) is 0 Å². The van der Waals surface area contributed by atoms with Gasteiger partial charge in [0.15, 0.2) is 4.90 Å². The van der Waals surface area contributed by atoms with Gasteiger partial charge in [-0.25, -0.2) is 13.1 Å². The first-order valence-electron chi connectivity index (χ1n) is 6.37. The molecule has 0 amide bonds. The van der Waals surface area contributed by atoms with E-state index in [1.54, 1.807) is 0 Å². The van der Waals surface area contributed by atoms with Crippen LogP contribution in [0.2, 0.25) is 0 Å². The van der Waals surface area contributed by atoms with Gasteiger partial charge in [0.05, 0.1) is 4.92 Å². The average Bonchev–Trinajstić information content (AvgIpc) is 2.43. The van der Waals surface area contributed by atoms with Gasteiger partial charge in [-0.1, -0.05) is 26.0 Å². The lowest BCUT2D eigenvalue weighted by molar-refractivity contribution is -0.387. The molecule has 0 fully saturated rings. The molecule has 0 atom stereocenters. The Labute approximate surface area is 118 Å². The maximum atomic E-state index is 12.1. The monoisotopic (exact) mass is 301 g/mol. The van der Waals surface area contributed by atoms with Crippen molar-refractivity contribution in [3.05, 3.63) is 34.4 Å². The number of nitro benzene ring substituents is 1. The van der Waals surface area contributed by atoms with Crippen molar-refractivity contribution >= 4 is 15.7 Å². The number of nitrogens with zero attached hydrogens (tertiary/aromatic N) is 2. The molecule has 8 heteroatoms. The summed E-state index contributed by atoms with van der Waals surface area (Å²) in [5, 5.41) is 10.8. The third-order valence-electron chi connectivity index (χ3n) is 2.97. The summed E-state index contributed by atoms with van der Waals surface area (Å²) in [7, 11) is -3.87. The zero-order valence-corrected chi connectivity index (χ0v) is 12.4. The van der Waals surface area contributed by atoms with Crippen LogP contribution in [0.4, 0.5) is 5.69 Å². The standard InChI is InChI=1S/C12H19N3O4S/c1-3-14(4-2)10-9-13-20(18,19)12-8-6-5-7-11(12)15(16)17/h5-8,13H,3-4,9-10H2,1-2H3. The highest BCUT2D eigenvalue weighted by Gasteiger charge is 2.24. The fraction of sp³-hybridized carbons (Fsp3) is 0.500. The zero-order chi connectivity index (χ0) is 15.2. The van der Waals surface area contributed by atoms with E-state index in [4.69, 9.17) is 0 Å². The quantitative estimate of drug-likeness (QED) is 0.575. The number of hydrogen-bond acceptors (Lipinski definition) is 5. The molecule has 0 heterocycles. The number of nitro groups is 1. The fourth-order valence-corrected chi connectivity index (χ4v) is 2.98. The minimum Gasteiger partial charge on any atom is -0.303 e. The number of benzene rings is 1. The number of sulfonamides is 1. The lowest BCUT2D eigenvalue weighted by Gasteiger charge is -2.17. The van der Waals surface area contributed by atoms with E-state index >= 15 is 0 Å². The van der Waals surface area contributed by atoms with Gasteiger partial charge in [0, 0.05) is 19.2 Å². The van der Waals surface area contributed by atoms with Gasteiger partial charge in [0.1, 0.15) is 0 Å². The Kier molecular flexibility index (Phi) is 6.05. The second-order valence-corrected chi connectivity index (χ2v) is 5.88. The van der Waals surface area contributed by atoms with E-state index in [9.17, 15) is 18.5 Å². The topological polar surface area (TPSA) is 92.6 Å². The van der Waals surface area contributed by atoms with Crippen molar-refractivity contribution in [3.8, 4) is 0 Å². The molecule has 0 aliphatic heterocycles. The fourth-order valence-electron chi connectivity index (χ4n) is 1.79. The van der Waals surface area contributed by atoms with Crippen LogP contribution in [0.15, 0.2) is 29.2 Å². The van der Waals surface area contributed by atoms with Gasteiger partial charge in [-0.2, -0.15) is 0 Å². The lowest BCUT2D eigenvalue weighted by Crippen LogP contribution is -2.35. The van der Waals surface area contributed by atoms with Crippen LogP contribution < -0.4 is 4.72 Å². The highest BCUT2D eigenvalue weighted by Crippen LogP contribution is 2.22. The van der Waals surface area contributed by atoms with Crippen LogP contribution in [-0.4, -0.2) is 44.4 Å². The molecule has 1 rings (SSSR count). The molecule has 1 aromatic carbocycles. The number of rotatable bonds is 8. The van der Waals surface area contributed by atoms with E-state index in [1.807, 2.05) is 13.8 Å². The number of para-hydroxylation sites is 1. The second kappa shape index (κ2) is 7.32. The van der Waals surface area contributed by atoms with Crippen molar-refractivity contribution in [1.82, 2.24) is 9.62 Å². The first kappa shape index (κ1) is 16.5. The summed E-state index contributed by atoms with van der Waals surface area (Å²) >= 11 is 0. The van der Waals surface area contributed by atoms with Crippen molar-refractivity contribution in [2.75, 3.05) is 26.2 Å². The van der Waals surface area contributed by atoms with Gasteiger partial charge in [0.2, 0.25) is 10.0 Å². The van der Waals surface area contributed by atoms with Crippen LogP contribution in [0.5, 0.6) is 0 Å². The van der Waals surface area contributed by atoms with Crippen molar-refractivity contribution < 1.29 is 13.3 Å². The van der Waals surface area contributed by atoms with Crippen LogP contribution in [0.25, 0.3) is 0 Å². The Morgan fingerprint density at radius 3 is 2.40 bits per heavy atom. The molecule has 0 aromatic heterocycles. The van der Waals surface area contributed by atoms with Gasteiger partial charge >= 0.3 is 0 Å². The number of likely N-dealkylation sites (N-methyl/N-ethyl adjacent to an activating group) is 1. The van der Waals surface area contributed by atoms with Gasteiger partial charge in [-0.05, 0) is 19.2 Å². The van der Waals surface area contributed by atoms with Gasteiger partial charge < -0.3 is 4.90 Å². The summed E-state index contributed by atoms with van der Waals surface area (Å²) in [6.07, 6.45) is 0. The third kappa shape index (κ3) is 4.26. The highest BCUT2D eigenvalue weighted by atomic mass is 32.2. The van der Waals surface area contributed by atoms with Crippen LogP contribution in [0.1, 0.15) is 13.8 Å². The Morgan fingerprint density at radius 1 is 1.25 bits per heavy atom. The van der Waals surface area contributed by atoms with E-state index in [1.165, 1.54) is 24.3 Å². The largest absolute Gasteiger partial charge is 0.303 e. The Morgan fingerprint density at radius 2 is 1.85 bits per heavy atom. The molecule has 1 N–H and O–H groups in total. The summed E-state index contributed by atoms with van der Waals surface area (Å²) in [5.41, 5.74) is -0.414. The highest BCUT2D eigenvalue weighted by molar-refractivity contribution is 7.89. The minimum atomic E-state index is -3.87.